The number of ether oxygens (including phenoxy) is 1. The van der Waals surface area contributed by atoms with Crippen molar-refractivity contribution >= 4 is 34.4 Å². The number of halogens is 1. The Morgan fingerprint density at radius 3 is 2.88 bits per heavy atom. The molecule has 0 aliphatic rings. The molecule has 2 aromatic carbocycles. The number of H-pyrrole nitrogens is 1. The molecule has 0 bridgehead atoms. The van der Waals surface area contributed by atoms with Gasteiger partial charge in [0.2, 0.25) is 11.7 Å². The van der Waals surface area contributed by atoms with E-state index in [1.54, 1.807) is 18.2 Å². The van der Waals surface area contributed by atoms with E-state index in [1.807, 2.05) is 31.2 Å². The molecule has 3 aromatic heterocycles. The van der Waals surface area contributed by atoms with Gasteiger partial charge in [0, 0.05) is 5.56 Å². The molecule has 0 saturated carbocycles. The second-order valence-electron chi connectivity index (χ2n) is 7.16. The van der Waals surface area contributed by atoms with Crippen molar-refractivity contribution in [2.45, 2.75) is 17.8 Å². The lowest BCUT2D eigenvalue weighted by Gasteiger charge is -2.12. The van der Waals surface area contributed by atoms with Gasteiger partial charge in [0.15, 0.2) is 10.8 Å². The zero-order valence-electron chi connectivity index (χ0n) is 17.6. The van der Waals surface area contributed by atoms with Crippen LogP contribution in [-0.4, -0.2) is 37.0 Å². The number of hydrogen-bond donors (Lipinski definition) is 1. The number of hydrogen-bond acceptors (Lipinski definition) is 8. The summed E-state index contributed by atoms with van der Waals surface area (Å²) in [6, 6.07) is 13.0. The molecular formula is C22H17ClN6O3S. The van der Waals surface area contributed by atoms with E-state index in [0.29, 0.717) is 50.1 Å². The van der Waals surface area contributed by atoms with Gasteiger partial charge in [-0.15, -0.1) is 0 Å². The molecule has 0 saturated heterocycles. The largest absolute Gasteiger partial charge is 0.495 e. The molecule has 0 fully saturated rings. The molecular weight excluding hydrogens is 464 g/mol. The summed E-state index contributed by atoms with van der Waals surface area (Å²) in [6.07, 6.45) is 1.45. The summed E-state index contributed by atoms with van der Waals surface area (Å²) in [4.78, 5) is 22.3. The maximum absolute atomic E-state index is 13.2. The third kappa shape index (κ3) is 4.10. The SMILES string of the molecule is COc1ccc(-n2c(SCc3nc(-c4cccc(C)c4)no3)nc3[nH]ncc3c2=O)cc1Cl. The summed E-state index contributed by atoms with van der Waals surface area (Å²) >= 11 is 7.60. The first-order valence-electron chi connectivity index (χ1n) is 9.86. The molecule has 5 rings (SSSR count). The average molecular weight is 481 g/mol. The number of benzene rings is 2. The van der Waals surface area contributed by atoms with E-state index in [0.717, 1.165) is 11.1 Å². The van der Waals surface area contributed by atoms with Crippen molar-refractivity contribution in [1.29, 1.82) is 0 Å². The van der Waals surface area contributed by atoms with E-state index in [1.165, 1.54) is 29.6 Å². The van der Waals surface area contributed by atoms with Crippen LogP contribution >= 0.6 is 23.4 Å². The number of nitrogens with one attached hydrogen (secondary N) is 1. The van der Waals surface area contributed by atoms with Gasteiger partial charge in [-0.05, 0) is 31.2 Å². The fraction of sp³-hybridized carbons (Fsp3) is 0.136. The van der Waals surface area contributed by atoms with E-state index in [2.05, 4.69) is 25.3 Å². The molecule has 1 N–H and O–H groups in total. The highest BCUT2D eigenvalue weighted by Crippen LogP contribution is 2.29. The zero-order chi connectivity index (χ0) is 22.9. The number of thioether (sulfide) groups is 1. The molecule has 3 heterocycles. The maximum Gasteiger partial charge on any atom is 0.269 e. The first-order valence-corrected chi connectivity index (χ1v) is 11.2. The van der Waals surface area contributed by atoms with Crippen molar-refractivity contribution < 1.29 is 9.26 Å². The highest BCUT2D eigenvalue weighted by molar-refractivity contribution is 7.98. The van der Waals surface area contributed by atoms with Gasteiger partial charge in [-0.3, -0.25) is 14.5 Å². The predicted molar refractivity (Wildman–Crippen MR) is 125 cm³/mol. The Hall–Kier alpha value is -3.63. The van der Waals surface area contributed by atoms with Crippen LogP contribution in [0.15, 0.2) is 63.1 Å². The summed E-state index contributed by atoms with van der Waals surface area (Å²) in [7, 11) is 1.53. The highest BCUT2D eigenvalue weighted by Gasteiger charge is 2.17. The Balaban J connectivity index is 1.50. The molecule has 11 heteroatoms. The highest BCUT2D eigenvalue weighted by atomic mass is 35.5. The number of nitrogens with zero attached hydrogens (tertiary/aromatic N) is 5. The van der Waals surface area contributed by atoms with Crippen molar-refractivity contribution in [3.05, 3.63) is 75.5 Å². The summed E-state index contributed by atoms with van der Waals surface area (Å²) in [5.41, 5.74) is 2.65. The number of aromatic nitrogens is 6. The maximum atomic E-state index is 13.2. The Morgan fingerprint density at radius 2 is 2.09 bits per heavy atom. The van der Waals surface area contributed by atoms with E-state index < -0.39 is 0 Å². The number of rotatable bonds is 6. The van der Waals surface area contributed by atoms with Crippen LogP contribution in [0.3, 0.4) is 0 Å². The second-order valence-corrected chi connectivity index (χ2v) is 8.51. The van der Waals surface area contributed by atoms with Crippen molar-refractivity contribution in [2.24, 2.45) is 0 Å². The number of aromatic amines is 1. The fourth-order valence-electron chi connectivity index (χ4n) is 3.33. The lowest BCUT2D eigenvalue weighted by molar-refractivity contribution is 0.391. The number of methoxy groups -OCH3 is 1. The summed E-state index contributed by atoms with van der Waals surface area (Å²) in [5, 5.41) is 11.9. The van der Waals surface area contributed by atoms with Gasteiger partial charge < -0.3 is 9.26 Å². The van der Waals surface area contributed by atoms with E-state index in [4.69, 9.17) is 20.9 Å². The number of fused-ring (bicyclic) bond motifs is 1. The fourth-order valence-corrected chi connectivity index (χ4v) is 4.43. The van der Waals surface area contributed by atoms with E-state index >= 15 is 0 Å². The standard InChI is InChI=1S/C22H17ClN6O3S/c1-12-4-3-5-13(8-12)19-25-18(32-28-19)11-33-22-26-20-15(10-24-27-20)21(30)29(22)14-6-7-17(31-2)16(23)9-14/h3-10H,11H2,1-2H3,(H,24,27). The van der Waals surface area contributed by atoms with Gasteiger partial charge in [0.1, 0.15) is 11.1 Å². The first kappa shape index (κ1) is 21.2. The minimum atomic E-state index is -0.275. The topological polar surface area (TPSA) is 112 Å². The molecule has 9 nitrogen and oxygen atoms in total. The summed E-state index contributed by atoms with van der Waals surface area (Å²) in [6.45, 7) is 2.00. The van der Waals surface area contributed by atoms with Gasteiger partial charge in [0.25, 0.3) is 5.56 Å². The van der Waals surface area contributed by atoms with Crippen LogP contribution in [0.4, 0.5) is 0 Å². The van der Waals surface area contributed by atoms with Crippen LogP contribution in [0, 0.1) is 6.92 Å². The zero-order valence-corrected chi connectivity index (χ0v) is 19.1. The van der Waals surface area contributed by atoms with Gasteiger partial charge in [-0.25, -0.2) is 4.98 Å². The third-order valence-electron chi connectivity index (χ3n) is 4.91. The van der Waals surface area contributed by atoms with Gasteiger partial charge in [-0.2, -0.15) is 10.1 Å². The molecule has 0 amide bonds. The van der Waals surface area contributed by atoms with E-state index in [9.17, 15) is 4.79 Å². The normalized spacial score (nSPS) is 11.2. The third-order valence-corrected chi connectivity index (χ3v) is 6.13. The summed E-state index contributed by atoms with van der Waals surface area (Å²) < 4.78 is 12.1. The van der Waals surface area contributed by atoms with Crippen molar-refractivity contribution in [3.63, 3.8) is 0 Å². The second kappa shape index (κ2) is 8.72. The lowest BCUT2D eigenvalue weighted by atomic mass is 10.1. The summed E-state index contributed by atoms with van der Waals surface area (Å²) in [5.74, 6) is 1.74. The molecule has 5 aromatic rings. The quantitative estimate of drug-likeness (QED) is 0.281. The minimum absolute atomic E-state index is 0.275. The molecule has 33 heavy (non-hydrogen) atoms. The van der Waals surface area contributed by atoms with Crippen LogP contribution in [-0.2, 0) is 5.75 Å². The van der Waals surface area contributed by atoms with Gasteiger partial charge >= 0.3 is 0 Å². The Bertz CT molecular complexity index is 1530. The van der Waals surface area contributed by atoms with Crippen LogP contribution in [0.1, 0.15) is 11.5 Å². The van der Waals surface area contributed by atoms with Crippen LogP contribution in [0.25, 0.3) is 28.1 Å². The smallest absolute Gasteiger partial charge is 0.269 e. The lowest BCUT2D eigenvalue weighted by Crippen LogP contribution is -2.21. The monoisotopic (exact) mass is 480 g/mol. The molecule has 0 aliphatic heterocycles. The molecule has 0 spiro atoms. The number of aryl methyl sites for hydroxylation is 1. The average Bonchev–Trinajstić information content (AvgIpc) is 3.47. The van der Waals surface area contributed by atoms with Crippen LogP contribution < -0.4 is 10.3 Å². The predicted octanol–water partition coefficient (Wildman–Crippen LogP) is 4.42. The van der Waals surface area contributed by atoms with Crippen molar-refractivity contribution in [1.82, 2.24) is 29.9 Å². The first-order chi connectivity index (χ1) is 16.0. The molecule has 0 aliphatic carbocycles. The molecule has 0 radical (unpaired) electrons. The Labute approximate surface area is 196 Å². The van der Waals surface area contributed by atoms with Gasteiger partial charge in [-0.1, -0.05) is 52.3 Å². The Morgan fingerprint density at radius 1 is 1.21 bits per heavy atom. The van der Waals surface area contributed by atoms with Gasteiger partial charge in [0.05, 0.1) is 29.8 Å². The van der Waals surface area contributed by atoms with Crippen LogP contribution in [0.2, 0.25) is 5.02 Å². The minimum Gasteiger partial charge on any atom is -0.495 e. The molecule has 166 valence electrons. The van der Waals surface area contributed by atoms with Crippen molar-refractivity contribution in [2.75, 3.05) is 7.11 Å². The van der Waals surface area contributed by atoms with Crippen LogP contribution in [0.5, 0.6) is 5.75 Å². The molecule has 0 atom stereocenters. The Kier molecular flexibility index (Phi) is 5.61. The van der Waals surface area contributed by atoms with E-state index in [-0.39, 0.29) is 5.56 Å². The molecule has 0 unspecified atom stereocenters. The van der Waals surface area contributed by atoms with Crippen molar-refractivity contribution in [3.8, 4) is 22.8 Å².